The lowest BCUT2D eigenvalue weighted by Gasteiger charge is -2.18. The molecule has 0 aromatic carbocycles. The fourth-order valence-electron chi connectivity index (χ4n) is 10.8. The lowest BCUT2D eigenvalue weighted by molar-refractivity contribution is -0.167. The molecule has 6 heteroatoms. The Kier molecular flexibility index (Phi) is 66.1. The van der Waals surface area contributed by atoms with Gasteiger partial charge in [0, 0.05) is 19.3 Å². The van der Waals surface area contributed by atoms with Crippen molar-refractivity contribution in [3.05, 3.63) is 36.5 Å². The van der Waals surface area contributed by atoms with E-state index in [4.69, 9.17) is 14.2 Å². The van der Waals surface area contributed by atoms with E-state index >= 15 is 0 Å². The molecule has 0 saturated heterocycles. The highest BCUT2D eigenvalue weighted by Crippen LogP contribution is 2.18. The third kappa shape index (κ3) is 66.3. The molecule has 0 rings (SSSR count). The Morgan fingerprint density at radius 1 is 0.253 bits per heavy atom. The van der Waals surface area contributed by atoms with Crippen LogP contribution in [0.15, 0.2) is 36.5 Å². The molecule has 0 fully saturated rings. The van der Waals surface area contributed by atoms with E-state index in [0.717, 1.165) is 64.2 Å². The van der Waals surface area contributed by atoms with Gasteiger partial charge in [0.1, 0.15) is 13.2 Å². The monoisotopic (exact) mass is 1110 g/mol. The van der Waals surface area contributed by atoms with E-state index in [9.17, 15) is 14.4 Å². The smallest absolute Gasteiger partial charge is 0.306 e. The molecule has 0 aliphatic rings. The van der Waals surface area contributed by atoms with E-state index in [2.05, 4.69) is 57.2 Å². The fourth-order valence-corrected chi connectivity index (χ4v) is 10.8. The summed E-state index contributed by atoms with van der Waals surface area (Å²) in [5.74, 6) is -0.845. The van der Waals surface area contributed by atoms with Crippen LogP contribution in [-0.4, -0.2) is 37.2 Å². The van der Waals surface area contributed by atoms with E-state index < -0.39 is 6.10 Å². The van der Waals surface area contributed by atoms with Crippen molar-refractivity contribution >= 4 is 17.9 Å². The molecule has 6 nitrogen and oxygen atoms in total. The van der Waals surface area contributed by atoms with E-state index in [1.54, 1.807) is 0 Å². The first-order valence-electron chi connectivity index (χ1n) is 35.5. The Balaban J connectivity index is 4.33. The lowest BCUT2D eigenvalue weighted by atomic mass is 10.0. The maximum Gasteiger partial charge on any atom is 0.306 e. The van der Waals surface area contributed by atoms with Gasteiger partial charge in [-0.3, -0.25) is 14.4 Å². The molecule has 1 unspecified atom stereocenters. The van der Waals surface area contributed by atoms with Crippen LogP contribution in [0.3, 0.4) is 0 Å². The highest BCUT2D eigenvalue weighted by Gasteiger charge is 2.19. The summed E-state index contributed by atoms with van der Waals surface area (Å²) in [4.78, 5) is 38.5. The number of unbranched alkanes of at least 4 members (excludes halogenated alkanes) is 49. The Morgan fingerprint density at radius 3 is 0.709 bits per heavy atom. The third-order valence-corrected chi connectivity index (χ3v) is 16.1. The zero-order valence-corrected chi connectivity index (χ0v) is 53.4. The minimum absolute atomic E-state index is 0.0692. The minimum Gasteiger partial charge on any atom is -0.462 e. The van der Waals surface area contributed by atoms with Gasteiger partial charge >= 0.3 is 17.9 Å². The highest BCUT2D eigenvalue weighted by atomic mass is 16.6. The van der Waals surface area contributed by atoms with E-state index in [-0.39, 0.29) is 31.1 Å². The number of rotatable bonds is 66. The number of hydrogen-bond donors (Lipinski definition) is 0. The van der Waals surface area contributed by atoms with Gasteiger partial charge in [-0.15, -0.1) is 0 Å². The maximum atomic E-state index is 13.0. The summed E-state index contributed by atoms with van der Waals surface area (Å²) >= 11 is 0. The Bertz CT molecular complexity index is 1320. The molecule has 0 bridgehead atoms. The Morgan fingerprint density at radius 2 is 0.456 bits per heavy atom. The van der Waals surface area contributed by atoms with Crippen molar-refractivity contribution in [2.24, 2.45) is 0 Å². The van der Waals surface area contributed by atoms with Gasteiger partial charge < -0.3 is 14.2 Å². The molecule has 464 valence electrons. The second kappa shape index (κ2) is 68.1. The quantitative estimate of drug-likeness (QED) is 0.0261. The number of esters is 3. The van der Waals surface area contributed by atoms with Crippen LogP contribution in [0, 0.1) is 0 Å². The van der Waals surface area contributed by atoms with Crippen LogP contribution in [0.4, 0.5) is 0 Å². The van der Waals surface area contributed by atoms with Gasteiger partial charge in [0.25, 0.3) is 0 Å². The van der Waals surface area contributed by atoms with Gasteiger partial charge in [-0.2, -0.15) is 0 Å². The molecule has 0 saturated carbocycles. The maximum absolute atomic E-state index is 13.0. The summed E-state index contributed by atoms with van der Waals surface area (Å²) in [6, 6.07) is 0. The second-order valence-electron chi connectivity index (χ2n) is 24.1. The average Bonchev–Trinajstić information content (AvgIpc) is 3.45. The molecule has 0 aromatic heterocycles. The molecule has 0 aliphatic heterocycles. The minimum atomic E-state index is -0.774. The number of hydrogen-bond acceptors (Lipinski definition) is 6. The van der Waals surface area contributed by atoms with E-state index in [0.29, 0.717) is 19.3 Å². The van der Waals surface area contributed by atoms with Gasteiger partial charge in [-0.1, -0.05) is 333 Å². The zero-order chi connectivity index (χ0) is 57.1. The van der Waals surface area contributed by atoms with Crippen molar-refractivity contribution in [2.45, 2.75) is 399 Å². The molecule has 0 aliphatic carbocycles. The summed E-state index contributed by atoms with van der Waals surface area (Å²) in [7, 11) is 0. The van der Waals surface area contributed by atoms with Gasteiger partial charge in [0.15, 0.2) is 6.10 Å². The predicted molar refractivity (Wildman–Crippen MR) is 344 cm³/mol. The van der Waals surface area contributed by atoms with Gasteiger partial charge in [-0.25, -0.2) is 0 Å². The molecule has 0 radical (unpaired) electrons. The van der Waals surface area contributed by atoms with Crippen LogP contribution >= 0.6 is 0 Å². The van der Waals surface area contributed by atoms with E-state index in [1.807, 2.05) is 0 Å². The normalized spacial score (nSPS) is 12.2. The summed E-state index contributed by atoms with van der Waals surface area (Å²) in [6.45, 7) is 6.71. The van der Waals surface area contributed by atoms with Crippen LogP contribution in [0.5, 0.6) is 0 Å². The number of allylic oxidation sites excluding steroid dienone is 6. The molecule has 0 aromatic rings. The summed E-state index contributed by atoms with van der Waals surface area (Å²) in [6.07, 6.45) is 84.5. The first-order valence-corrected chi connectivity index (χ1v) is 35.5. The number of ether oxygens (including phenoxy) is 3. The van der Waals surface area contributed by atoms with E-state index in [1.165, 1.54) is 289 Å². The third-order valence-electron chi connectivity index (χ3n) is 16.1. The summed E-state index contributed by atoms with van der Waals surface area (Å²) < 4.78 is 17.0. The molecule has 1 atom stereocenters. The van der Waals surface area contributed by atoms with Gasteiger partial charge in [0.05, 0.1) is 0 Å². The standard InChI is InChI=1S/C73H136O6/c1-4-7-10-13-16-19-22-25-28-31-34-36-39-42-45-48-51-54-57-60-63-66-72(75)78-69-70(68-77-71(74)65-62-59-56-53-50-47-44-41-38-33-30-27-24-21-18-15-12-9-6-3)79-73(76)67-64-61-58-55-52-49-46-43-40-37-35-32-29-26-23-20-17-14-11-8-5-2/h22,25,31-32,34-35,70H,4-21,23-24,26-30,33,36-69H2,1-3H3/b25-22-,34-31-,35-32-. The predicted octanol–water partition coefficient (Wildman–Crippen LogP) is 24.3. The topological polar surface area (TPSA) is 78.9 Å². The first kappa shape index (κ1) is 76.6. The van der Waals surface area contributed by atoms with Crippen LogP contribution in [0.25, 0.3) is 0 Å². The molecule has 0 N–H and O–H groups in total. The van der Waals surface area contributed by atoms with Crippen molar-refractivity contribution in [3.8, 4) is 0 Å². The van der Waals surface area contributed by atoms with Crippen molar-refractivity contribution < 1.29 is 28.6 Å². The van der Waals surface area contributed by atoms with Crippen LogP contribution in [-0.2, 0) is 28.6 Å². The van der Waals surface area contributed by atoms with Crippen molar-refractivity contribution in [2.75, 3.05) is 13.2 Å². The highest BCUT2D eigenvalue weighted by molar-refractivity contribution is 5.71. The van der Waals surface area contributed by atoms with Crippen molar-refractivity contribution in [1.29, 1.82) is 0 Å². The fraction of sp³-hybridized carbons (Fsp3) is 0.877. The average molecular weight is 1110 g/mol. The van der Waals surface area contributed by atoms with Crippen molar-refractivity contribution in [1.82, 2.24) is 0 Å². The van der Waals surface area contributed by atoms with Gasteiger partial charge in [-0.05, 0) is 77.0 Å². The molecule has 79 heavy (non-hydrogen) atoms. The molecular weight excluding hydrogens is 973 g/mol. The van der Waals surface area contributed by atoms with Gasteiger partial charge in [0.2, 0.25) is 0 Å². The molecule has 0 heterocycles. The zero-order valence-electron chi connectivity index (χ0n) is 53.4. The second-order valence-corrected chi connectivity index (χ2v) is 24.1. The largest absolute Gasteiger partial charge is 0.462 e. The molecular formula is C73H136O6. The van der Waals surface area contributed by atoms with Crippen LogP contribution in [0.1, 0.15) is 393 Å². The molecule has 0 spiro atoms. The Labute approximate surface area is 493 Å². The summed E-state index contributed by atoms with van der Waals surface area (Å²) in [5, 5.41) is 0. The number of carbonyl (C=O) groups is 3. The van der Waals surface area contributed by atoms with Crippen LogP contribution in [0.2, 0.25) is 0 Å². The lowest BCUT2D eigenvalue weighted by Crippen LogP contribution is -2.30. The van der Waals surface area contributed by atoms with Crippen LogP contribution < -0.4 is 0 Å². The SMILES string of the molecule is CCCCCCC/C=C\C/C=C\CCCCCCCCCCCC(=O)OCC(COC(=O)CCCCCCCCCCCCCCCCCCCCC)OC(=O)CCCCCCCCCCC/C=C\CCCCCCCCCC. The Hall–Kier alpha value is -2.37. The first-order chi connectivity index (χ1) is 39.0. The molecule has 0 amide bonds. The summed E-state index contributed by atoms with van der Waals surface area (Å²) in [5.41, 5.74) is 0. The van der Waals surface area contributed by atoms with Crippen molar-refractivity contribution in [3.63, 3.8) is 0 Å². The number of carbonyl (C=O) groups excluding carboxylic acids is 3.